The highest BCUT2D eigenvalue weighted by Gasteiger charge is 2.45. The molecule has 2 aromatic heterocycles. The van der Waals surface area contributed by atoms with Gasteiger partial charge >= 0.3 is 6.18 Å². The third kappa shape index (κ3) is 3.13. The number of aryl methyl sites for hydroxylation is 1. The van der Waals surface area contributed by atoms with E-state index in [4.69, 9.17) is 0 Å². The normalized spacial score (nSPS) is 28.1. The van der Waals surface area contributed by atoms with E-state index in [1.54, 1.807) is 13.2 Å². The van der Waals surface area contributed by atoms with Crippen LogP contribution in [0.4, 0.5) is 13.2 Å². The van der Waals surface area contributed by atoms with Crippen molar-refractivity contribution in [3.05, 3.63) is 41.5 Å². The Morgan fingerprint density at radius 1 is 1.38 bits per heavy atom. The fraction of sp³-hybridized carbons (Fsp3) is 0.533. The van der Waals surface area contributed by atoms with Gasteiger partial charge in [-0.05, 0) is 19.4 Å². The van der Waals surface area contributed by atoms with Gasteiger partial charge in [-0.3, -0.25) is 9.67 Å². The van der Waals surface area contributed by atoms with E-state index in [2.05, 4.69) is 20.6 Å². The summed E-state index contributed by atoms with van der Waals surface area (Å²) in [6.07, 6.45) is -0.466. The summed E-state index contributed by atoms with van der Waals surface area (Å²) in [5.74, 6) is 0. The summed E-state index contributed by atoms with van der Waals surface area (Å²) < 4.78 is 41.5. The minimum atomic E-state index is -4.55. The molecule has 0 spiro atoms. The molecule has 3 atom stereocenters. The predicted octanol–water partition coefficient (Wildman–Crippen LogP) is 1.93. The second kappa shape index (κ2) is 5.82. The molecule has 1 aliphatic heterocycles. The maximum Gasteiger partial charge on any atom is 0.416 e. The van der Waals surface area contributed by atoms with Crippen LogP contribution in [-0.2, 0) is 18.8 Å². The highest BCUT2D eigenvalue weighted by Crippen LogP contribution is 2.44. The van der Waals surface area contributed by atoms with E-state index in [9.17, 15) is 18.3 Å². The van der Waals surface area contributed by atoms with Crippen LogP contribution in [-0.4, -0.2) is 31.1 Å². The Kier molecular flexibility index (Phi) is 4.08. The number of hydrogen-bond acceptors (Lipinski definition) is 5. The number of rotatable bonds is 2. The first-order chi connectivity index (χ1) is 11.2. The molecule has 0 aromatic carbocycles. The number of piperidine rings is 1. The molecule has 3 heterocycles. The second-order valence-electron chi connectivity index (χ2n) is 6.30. The van der Waals surface area contributed by atoms with Gasteiger partial charge in [0.15, 0.2) is 0 Å². The van der Waals surface area contributed by atoms with E-state index in [-0.39, 0.29) is 24.4 Å². The molecule has 0 unspecified atom stereocenters. The molecule has 130 valence electrons. The van der Waals surface area contributed by atoms with Crippen molar-refractivity contribution < 1.29 is 18.3 Å². The molecule has 24 heavy (non-hydrogen) atoms. The molecular weight excluding hydrogens is 323 g/mol. The van der Waals surface area contributed by atoms with Gasteiger partial charge in [-0.2, -0.15) is 13.2 Å². The van der Waals surface area contributed by atoms with E-state index in [1.165, 1.54) is 4.68 Å². The molecule has 0 amide bonds. The zero-order valence-electron chi connectivity index (χ0n) is 13.2. The number of aromatic nitrogens is 4. The quantitative estimate of drug-likeness (QED) is 0.873. The molecule has 0 aliphatic carbocycles. The van der Waals surface area contributed by atoms with E-state index >= 15 is 0 Å². The summed E-state index contributed by atoms with van der Waals surface area (Å²) in [7, 11) is 1.71. The van der Waals surface area contributed by atoms with Gasteiger partial charge in [0.25, 0.3) is 0 Å². The molecule has 3 rings (SSSR count). The molecule has 9 heteroatoms. The fourth-order valence-electron chi connectivity index (χ4n) is 3.34. The molecular formula is C15H18F3N5O. The Balaban J connectivity index is 2.00. The Labute approximate surface area is 136 Å². The summed E-state index contributed by atoms with van der Waals surface area (Å²) >= 11 is 0. The molecule has 1 aliphatic rings. The fourth-order valence-corrected chi connectivity index (χ4v) is 3.34. The van der Waals surface area contributed by atoms with Gasteiger partial charge in [-0.25, -0.2) is 0 Å². The highest BCUT2D eigenvalue weighted by atomic mass is 19.4. The maximum absolute atomic E-state index is 13.3. The van der Waals surface area contributed by atoms with Crippen molar-refractivity contribution in [1.82, 2.24) is 25.3 Å². The first kappa shape index (κ1) is 16.8. The van der Waals surface area contributed by atoms with Crippen LogP contribution >= 0.6 is 0 Å². The molecule has 1 fully saturated rings. The van der Waals surface area contributed by atoms with Crippen molar-refractivity contribution in [2.75, 3.05) is 0 Å². The average Bonchev–Trinajstić information content (AvgIpc) is 2.92. The predicted molar refractivity (Wildman–Crippen MR) is 78.7 cm³/mol. The van der Waals surface area contributed by atoms with Gasteiger partial charge in [0.2, 0.25) is 0 Å². The second-order valence-corrected chi connectivity index (χ2v) is 6.30. The first-order valence-electron chi connectivity index (χ1n) is 7.55. The van der Waals surface area contributed by atoms with Crippen molar-refractivity contribution in [3.8, 4) is 0 Å². The van der Waals surface area contributed by atoms with Crippen LogP contribution in [0.2, 0.25) is 0 Å². The maximum atomic E-state index is 13.3. The van der Waals surface area contributed by atoms with Crippen molar-refractivity contribution >= 4 is 0 Å². The van der Waals surface area contributed by atoms with Crippen LogP contribution in [0.25, 0.3) is 0 Å². The monoisotopic (exact) mass is 341 g/mol. The van der Waals surface area contributed by atoms with Gasteiger partial charge in [0.1, 0.15) is 0 Å². The zero-order chi connectivity index (χ0) is 17.5. The number of nitrogens with zero attached hydrogens (tertiary/aromatic N) is 4. The number of alkyl halides is 3. The van der Waals surface area contributed by atoms with Crippen LogP contribution in [0.5, 0.6) is 0 Å². The molecule has 0 saturated carbocycles. The number of pyridine rings is 1. The Morgan fingerprint density at radius 2 is 2.12 bits per heavy atom. The summed E-state index contributed by atoms with van der Waals surface area (Å²) in [6.45, 7) is 1.82. The van der Waals surface area contributed by atoms with Crippen LogP contribution in [0, 0.1) is 0 Å². The zero-order valence-corrected chi connectivity index (χ0v) is 13.2. The minimum Gasteiger partial charge on any atom is -0.385 e. The van der Waals surface area contributed by atoms with Crippen LogP contribution in [0.15, 0.2) is 24.7 Å². The van der Waals surface area contributed by atoms with Crippen LogP contribution in [0.3, 0.4) is 0 Å². The summed E-state index contributed by atoms with van der Waals surface area (Å²) in [6, 6.07) is 0.308. The third-order valence-corrected chi connectivity index (χ3v) is 4.28. The van der Waals surface area contributed by atoms with Crippen molar-refractivity contribution in [1.29, 1.82) is 0 Å². The van der Waals surface area contributed by atoms with E-state index in [1.807, 2.05) is 6.92 Å². The van der Waals surface area contributed by atoms with Crippen molar-refractivity contribution in [2.24, 2.45) is 7.05 Å². The topological polar surface area (TPSA) is 75.9 Å². The SMILES string of the molecule is C[C@H]1C[C@@](O)(c2cnccc2C(F)(F)F)C[C@@H](c2cn(C)nn2)N1. The lowest BCUT2D eigenvalue weighted by molar-refractivity contribution is -0.142. The smallest absolute Gasteiger partial charge is 0.385 e. The lowest BCUT2D eigenvalue weighted by Gasteiger charge is -2.41. The van der Waals surface area contributed by atoms with Crippen molar-refractivity contribution in [3.63, 3.8) is 0 Å². The molecule has 2 N–H and O–H groups in total. The number of nitrogens with one attached hydrogen (secondary N) is 1. The van der Waals surface area contributed by atoms with Gasteiger partial charge in [-0.1, -0.05) is 5.21 Å². The third-order valence-electron chi connectivity index (χ3n) is 4.28. The number of aliphatic hydroxyl groups is 1. The minimum absolute atomic E-state index is 0.0603. The van der Waals surface area contributed by atoms with Crippen LogP contribution in [0.1, 0.15) is 42.6 Å². The molecule has 0 radical (unpaired) electrons. The first-order valence-corrected chi connectivity index (χ1v) is 7.55. The van der Waals surface area contributed by atoms with Gasteiger partial charge in [0, 0.05) is 43.7 Å². The van der Waals surface area contributed by atoms with Crippen LogP contribution < -0.4 is 5.32 Å². The lowest BCUT2D eigenvalue weighted by atomic mass is 9.77. The summed E-state index contributed by atoms with van der Waals surface area (Å²) in [5, 5.41) is 22.2. The highest BCUT2D eigenvalue weighted by molar-refractivity contribution is 5.33. The lowest BCUT2D eigenvalue weighted by Crippen LogP contribution is -2.47. The molecule has 2 aromatic rings. The average molecular weight is 341 g/mol. The van der Waals surface area contributed by atoms with E-state index < -0.39 is 23.4 Å². The van der Waals surface area contributed by atoms with Gasteiger partial charge < -0.3 is 10.4 Å². The van der Waals surface area contributed by atoms with Crippen molar-refractivity contribution in [2.45, 2.75) is 43.6 Å². The Hall–Kier alpha value is -2.00. The molecule has 6 nitrogen and oxygen atoms in total. The van der Waals surface area contributed by atoms with E-state index in [0.29, 0.717) is 5.69 Å². The standard InChI is InChI=1S/C15H18F3N5O/c1-9-5-14(24,6-12(20-9)13-8-23(2)22-21-13)11-7-19-4-3-10(11)15(16,17)18/h3-4,7-9,12,20,24H,5-6H2,1-2H3/t9-,12-,14-/m0/s1. The van der Waals surface area contributed by atoms with Gasteiger partial charge in [-0.15, -0.1) is 5.10 Å². The molecule has 0 bridgehead atoms. The summed E-state index contributed by atoms with van der Waals surface area (Å²) in [5.41, 5.74) is -2.11. The number of halogens is 3. The largest absolute Gasteiger partial charge is 0.416 e. The van der Waals surface area contributed by atoms with E-state index in [0.717, 1.165) is 18.5 Å². The van der Waals surface area contributed by atoms with Gasteiger partial charge in [0.05, 0.1) is 22.9 Å². The molecule has 1 saturated heterocycles. The Bertz CT molecular complexity index is 732. The summed E-state index contributed by atoms with van der Waals surface area (Å²) in [4.78, 5) is 3.79. The number of hydrogen-bond donors (Lipinski definition) is 2. The Morgan fingerprint density at radius 3 is 2.75 bits per heavy atom.